The SMILES string of the molecule is O=C(CN1C(=O)[C@@H]2CCCN2C(=O)c2ccccc21)Nc1nncs1. The highest BCUT2D eigenvalue weighted by molar-refractivity contribution is 7.13. The van der Waals surface area contributed by atoms with Gasteiger partial charge in [-0.05, 0) is 25.0 Å². The molecule has 0 radical (unpaired) electrons. The Kier molecular flexibility index (Phi) is 3.92. The van der Waals surface area contributed by atoms with Gasteiger partial charge >= 0.3 is 0 Å². The minimum atomic E-state index is -0.505. The van der Waals surface area contributed by atoms with Crippen molar-refractivity contribution in [2.45, 2.75) is 18.9 Å². The van der Waals surface area contributed by atoms with Crippen molar-refractivity contribution in [1.82, 2.24) is 15.1 Å². The standard InChI is InChI=1S/C16H15N5O3S/c22-13(18-16-19-17-9-25-16)8-21-11-5-2-1-4-10(11)14(23)20-7-3-6-12(20)15(21)24/h1-2,4-5,9,12H,3,6-8H2,(H,18,19,22)/t12-/m0/s1. The molecule has 3 heterocycles. The summed E-state index contributed by atoms with van der Waals surface area (Å²) in [5.74, 6) is -0.750. The van der Waals surface area contributed by atoms with Gasteiger partial charge in [0.1, 0.15) is 18.1 Å². The molecule has 128 valence electrons. The van der Waals surface area contributed by atoms with Gasteiger partial charge in [0.25, 0.3) is 5.91 Å². The van der Waals surface area contributed by atoms with Gasteiger partial charge in [0.2, 0.25) is 16.9 Å². The number of para-hydroxylation sites is 1. The number of anilines is 2. The quantitative estimate of drug-likeness (QED) is 0.888. The molecular weight excluding hydrogens is 342 g/mol. The number of benzene rings is 1. The molecule has 1 fully saturated rings. The third kappa shape index (κ3) is 2.76. The zero-order valence-corrected chi connectivity index (χ0v) is 14.0. The zero-order valence-electron chi connectivity index (χ0n) is 13.2. The Morgan fingerprint density at radius 1 is 1.32 bits per heavy atom. The number of hydrogen-bond donors (Lipinski definition) is 1. The van der Waals surface area contributed by atoms with Crippen molar-refractivity contribution in [2.24, 2.45) is 0 Å². The third-order valence-corrected chi connectivity index (χ3v) is 5.00. The van der Waals surface area contributed by atoms with E-state index in [1.165, 1.54) is 21.7 Å². The Labute approximate surface area is 147 Å². The topological polar surface area (TPSA) is 95.5 Å². The molecule has 1 aromatic heterocycles. The Hall–Kier alpha value is -2.81. The number of carbonyl (C=O) groups is 3. The van der Waals surface area contributed by atoms with E-state index in [-0.39, 0.29) is 24.3 Å². The Balaban J connectivity index is 1.67. The first-order chi connectivity index (χ1) is 12.1. The van der Waals surface area contributed by atoms with Gasteiger partial charge in [-0.3, -0.25) is 19.7 Å². The molecule has 2 aliphatic rings. The number of fused-ring (bicyclic) bond motifs is 2. The number of amides is 3. The average molecular weight is 357 g/mol. The number of rotatable bonds is 3. The van der Waals surface area contributed by atoms with E-state index in [4.69, 9.17) is 0 Å². The molecule has 4 rings (SSSR count). The second-order valence-corrected chi connectivity index (χ2v) is 6.72. The minimum absolute atomic E-state index is 0.154. The van der Waals surface area contributed by atoms with Crippen LogP contribution < -0.4 is 10.2 Å². The van der Waals surface area contributed by atoms with Crippen LogP contribution in [0.4, 0.5) is 10.8 Å². The first-order valence-corrected chi connectivity index (χ1v) is 8.80. The van der Waals surface area contributed by atoms with E-state index in [1.807, 2.05) is 0 Å². The van der Waals surface area contributed by atoms with Crippen molar-refractivity contribution in [3.63, 3.8) is 0 Å². The maximum atomic E-state index is 13.0. The Morgan fingerprint density at radius 2 is 2.16 bits per heavy atom. The van der Waals surface area contributed by atoms with Gasteiger partial charge in [-0.1, -0.05) is 23.5 Å². The van der Waals surface area contributed by atoms with Crippen LogP contribution in [0.3, 0.4) is 0 Å². The highest BCUT2D eigenvalue weighted by Crippen LogP contribution is 2.32. The van der Waals surface area contributed by atoms with Crippen molar-refractivity contribution in [3.8, 4) is 0 Å². The smallest absolute Gasteiger partial charge is 0.256 e. The maximum Gasteiger partial charge on any atom is 0.256 e. The predicted molar refractivity (Wildman–Crippen MR) is 91.4 cm³/mol. The molecule has 1 aromatic carbocycles. The third-order valence-electron chi connectivity index (χ3n) is 4.40. The monoisotopic (exact) mass is 357 g/mol. The lowest BCUT2D eigenvalue weighted by atomic mass is 10.1. The fraction of sp³-hybridized carbons (Fsp3) is 0.312. The van der Waals surface area contributed by atoms with Crippen molar-refractivity contribution in [2.75, 3.05) is 23.3 Å². The van der Waals surface area contributed by atoms with Crippen molar-refractivity contribution in [3.05, 3.63) is 35.3 Å². The molecule has 0 spiro atoms. The van der Waals surface area contributed by atoms with Gasteiger partial charge in [-0.2, -0.15) is 0 Å². The van der Waals surface area contributed by atoms with Crippen molar-refractivity contribution < 1.29 is 14.4 Å². The predicted octanol–water partition coefficient (Wildman–Crippen LogP) is 1.13. The number of aromatic nitrogens is 2. The van der Waals surface area contributed by atoms with Crippen LogP contribution in [0.15, 0.2) is 29.8 Å². The maximum absolute atomic E-state index is 13.0. The normalized spacial score (nSPS) is 19.4. The summed E-state index contributed by atoms with van der Waals surface area (Å²) in [5.41, 5.74) is 2.43. The average Bonchev–Trinajstić information content (AvgIpc) is 3.28. The lowest BCUT2D eigenvalue weighted by molar-refractivity contribution is -0.124. The van der Waals surface area contributed by atoms with E-state index < -0.39 is 6.04 Å². The van der Waals surface area contributed by atoms with E-state index in [2.05, 4.69) is 15.5 Å². The second kappa shape index (κ2) is 6.25. The van der Waals surface area contributed by atoms with E-state index in [1.54, 1.807) is 29.2 Å². The fourth-order valence-electron chi connectivity index (χ4n) is 3.30. The largest absolute Gasteiger partial charge is 0.327 e. The molecule has 9 heteroatoms. The molecule has 1 saturated heterocycles. The van der Waals surface area contributed by atoms with Gasteiger partial charge in [-0.25, -0.2) is 0 Å². The fourth-order valence-corrected chi connectivity index (χ4v) is 3.76. The van der Waals surface area contributed by atoms with Crippen LogP contribution >= 0.6 is 11.3 Å². The van der Waals surface area contributed by atoms with Gasteiger partial charge in [-0.15, -0.1) is 10.2 Å². The van der Waals surface area contributed by atoms with E-state index in [0.29, 0.717) is 29.3 Å². The minimum Gasteiger partial charge on any atom is -0.327 e. The van der Waals surface area contributed by atoms with Gasteiger partial charge < -0.3 is 9.80 Å². The van der Waals surface area contributed by atoms with Crippen LogP contribution in [0.1, 0.15) is 23.2 Å². The summed E-state index contributed by atoms with van der Waals surface area (Å²) >= 11 is 1.20. The van der Waals surface area contributed by atoms with Crippen LogP contribution in [0.2, 0.25) is 0 Å². The summed E-state index contributed by atoms with van der Waals surface area (Å²) in [5, 5.41) is 10.4. The summed E-state index contributed by atoms with van der Waals surface area (Å²) < 4.78 is 0. The van der Waals surface area contributed by atoms with Gasteiger partial charge in [0, 0.05) is 6.54 Å². The molecule has 0 saturated carbocycles. The molecule has 1 N–H and O–H groups in total. The summed E-state index contributed by atoms with van der Waals surface area (Å²) in [7, 11) is 0. The van der Waals surface area contributed by atoms with Crippen molar-refractivity contribution in [1.29, 1.82) is 0 Å². The van der Waals surface area contributed by atoms with Crippen LogP contribution in [0.25, 0.3) is 0 Å². The molecule has 2 aliphatic heterocycles. The molecular formula is C16H15N5O3S. The zero-order chi connectivity index (χ0) is 17.4. The molecule has 25 heavy (non-hydrogen) atoms. The summed E-state index contributed by atoms with van der Waals surface area (Å²) in [6.45, 7) is 0.390. The van der Waals surface area contributed by atoms with Crippen LogP contribution in [0, 0.1) is 0 Å². The van der Waals surface area contributed by atoms with E-state index in [0.717, 1.165) is 6.42 Å². The van der Waals surface area contributed by atoms with Crippen molar-refractivity contribution >= 4 is 39.9 Å². The highest BCUT2D eigenvalue weighted by atomic mass is 32.1. The first kappa shape index (κ1) is 15.7. The Morgan fingerprint density at radius 3 is 2.96 bits per heavy atom. The molecule has 0 bridgehead atoms. The Bertz CT molecular complexity index is 838. The summed E-state index contributed by atoms with van der Waals surface area (Å²) in [6, 6.07) is 6.41. The first-order valence-electron chi connectivity index (χ1n) is 7.92. The molecule has 8 nitrogen and oxygen atoms in total. The number of hydrogen-bond acceptors (Lipinski definition) is 6. The lowest BCUT2D eigenvalue weighted by Crippen LogP contribution is -2.47. The van der Waals surface area contributed by atoms with E-state index in [9.17, 15) is 14.4 Å². The van der Waals surface area contributed by atoms with Crippen LogP contribution in [0.5, 0.6) is 0 Å². The highest BCUT2D eigenvalue weighted by Gasteiger charge is 2.42. The summed E-state index contributed by atoms with van der Waals surface area (Å²) in [6.07, 6.45) is 1.40. The molecule has 3 amide bonds. The van der Waals surface area contributed by atoms with Crippen LogP contribution in [-0.4, -0.2) is 52.0 Å². The lowest BCUT2D eigenvalue weighted by Gasteiger charge is -2.25. The van der Waals surface area contributed by atoms with E-state index >= 15 is 0 Å². The van der Waals surface area contributed by atoms with Gasteiger partial charge in [0.05, 0.1) is 11.3 Å². The number of nitrogens with one attached hydrogen (secondary N) is 1. The van der Waals surface area contributed by atoms with Crippen LogP contribution in [-0.2, 0) is 9.59 Å². The summed E-state index contributed by atoms with van der Waals surface area (Å²) in [4.78, 5) is 41.2. The molecule has 2 aromatic rings. The molecule has 0 unspecified atom stereocenters. The van der Waals surface area contributed by atoms with Gasteiger partial charge in [0.15, 0.2) is 0 Å². The second-order valence-electron chi connectivity index (χ2n) is 5.89. The number of nitrogens with zero attached hydrogens (tertiary/aromatic N) is 4. The molecule has 1 atom stereocenters. The molecule has 0 aliphatic carbocycles. The number of carbonyl (C=O) groups excluding carboxylic acids is 3.